The summed E-state index contributed by atoms with van der Waals surface area (Å²) in [5, 5.41) is 0. The van der Waals surface area contributed by atoms with Crippen LogP contribution in [0.25, 0.3) is 0 Å². The van der Waals surface area contributed by atoms with Crippen molar-refractivity contribution in [1.82, 2.24) is 4.90 Å². The fourth-order valence-corrected chi connectivity index (χ4v) is 0.536. The lowest BCUT2D eigenvalue weighted by Crippen LogP contribution is -3.00. The minimum atomic E-state index is -0.275. The number of likely N-dealkylation sites (N-methyl/N-ethyl adjacent to an activating group) is 1. The van der Waals surface area contributed by atoms with Gasteiger partial charge in [-0.3, -0.25) is 0 Å². The molecular weight excluding hydrogens is 283 g/mol. The molecule has 0 spiro atoms. The zero-order chi connectivity index (χ0) is 9.78. The molecule has 80 valence electrons. The molecule has 0 aliphatic heterocycles. The van der Waals surface area contributed by atoms with E-state index in [4.69, 9.17) is 4.74 Å². The van der Waals surface area contributed by atoms with E-state index < -0.39 is 0 Å². The number of ether oxygens (including phenoxy) is 1. The van der Waals surface area contributed by atoms with E-state index in [1.807, 2.05) is 0 Å². The third kappa shape index (κ3) is 9.88. The van der Waals surface area contributed by atoms with E-state index >= 15 is 0 Å². The van der Waals surface area contributed by atoms with Crippen molar-refractivity contribution in [3.8, 4) is 0 Å². The van der Waals surface area contributed by atoms with Gasteiger partial charge in [-0.2, -0.15) is 0 Å². The molecule has 0 unspecified atom stereocenters. The summed E-state index contributed by atoms with van der Waals surface area (Å²) in [6.07, 6.45) is -0.275. The van der Waals surface area contributed by atoms with E-state index in [0.717, 1.165) is 11.0 Å². The number of nitrogens with zero attached hydrogens (tertiary/aromatic N) is 2. The molecule has 0 saturated carbocycles. The molecule has 0 radical (unpaired) electrons. The molecule has 0 aliphatic rings. The van der Waals surface area contributed by atoms with Crippen molar-refractivity contribution in [2.75, 3.05) is 48.4 Å². The zero-order valence-corrected chi connectivity index (χ0v) is 11.2. The zero-order valence-electron chi connectivity index (χ0n) is 9.00. The quantitative estimate of drug-likeness (QED) is 0.422. The fourth-order valence-electron chi connectivity index (χ4n) is 0.536. The Kier molecular flexibility index (Phi) is 7.62. The van der Waals surface area contributed by atoms with Crippen LogP contribution in [0.4, 0.5) is 4.79 Å². The first-order chi connectivity index (χ1) is 5.33. The number of hydrogen-bond acceptors (Lipinski definition) is 2. The van der Waals surface area contributed by atoms with Crippen LogP contribution in [-0.2, 0) is 4.74 Å². The van der Waals surface area contributed by atoms with Crippen LogP contribution in [0.3, 0.4) is 0 Å². The average molecular weight is 302 g/mol. The summed E-state index contributed by atoms with van der Waals surface area (Å²) in [7, 11) is 9.53. The summed E-state index contributed by atoms with van der Waals surface area (Å²) in [6, 6.07) is 0. The highest BCUT2D eigenvalue weighted by Crippen LogP contribution is 1.91. The minimum Gasteiger partial charge on any atom is -1.00 e. The van der Waals surface area contributed by atoms with Gasteiger partial charge in [-0.15, -0.1) is 0 Å². The summed E-state index contributed by atoms with van der Waals surface area (Å²) in [6.45, 7) is 1.31. The Balaban J connectivity index is 0. The second-order valence-corrected chi connectivity index (χ2v) is 4.02. The maximum absolute atomic E-state index is 10.9. The Bertz CT molecular complexity index is 155. The highest BCUT2D eigenvalue weighted by atomic mass is 127. The Labute approximate surface area is 97.4 Å². The number of halogens is 1. The topological polar surface area (TPSA) is 29.5 Å². The monoisotopic (exact) mass is 302 g/mol. The molecule has 0 saturated heterocycles. The second-order valence-electron chi connectivity index (χ2n) is 4.02. The highest BCUT2D eigenvalue weighted by Gasteiger charge is 2.09. The van der Waals surface area contributed by atoms with Gasteiger partial charge in [0.05, 0.1) is 21.1 Å². The van der Waals surface area contributed by atoms with Gasteiger partial charge in [0.15, 0.2) is 0 Å². The molecule has 0 aromatic carbocycles. The van der Waals surface area contributed by atoms with Crippen LogP contribution in [-0.4, -0.2) is 63.9 Å². The lowest BCUT2D eigenvalue weighted by Gasteiger charge is -2.23. The van der Waals surface area contributed by atoms with Crippen molar-refractivity contribution in [2.24, 2.45) is 0 Å². The number of quaternary nitrogens is 1. The van der Waals surface area contributed by atoms with Crippen molar-refractivity contribution < 1.29 is 38.0 Å². The molecule has 0 heterocycles. The molecule has 0 bridgehead atoms. The lowest BCUT2D eigenvalue weighted by atomic mass is 10.5. The number of carbonyl (C=O) groups is 1. The van der Waals surface area contributed by atoms with E-state index in [-0.39, 0.29) is 30.1 Å². The van der Waals surface area contributed by atoms with Gasteiger partial charge in [0.2, 0.25) is 0 Å². The Morgan fingerprint density at radius 1 is 1.31 bits per heavy atom. The first-order valence-corrected chi connectivity index (χ1v) is 3.97. The minimum absolute atomic E-state index is 0. The normalized spacial score (nSPS) is 10.2. The molecule has 0 aromatic heterocycles. The van der Waals surface area contributed by atoms with Crippen LogP contribution in [0, 0.1) is 0 Å². The van der Waals surface area contributed by atoms with Gasteiger partial charge < -0.3 is 38.1 Å². The first-order valence-electron chi connectivity index (χ1n) is 3.97. The average Bonchev–Trinajstić information content (AvgIpc) is 1.84. The maximum atomic E-state index is 10.9. The number of carbonyl (C=O) groups excluding carboxylic acids is 1. The maximum Gasteiger partial charge on any atom is 0.409 e. The highest BCUT2D eigenvalue weighted by molar-refractivity contribution is 5.66. The predicted molar refractivity (Wildman–Crippen MR) is 47.9 cm³/mol. The van der Waals surface area contributed by atoms with Gasteiger partial charge >= 0.3 is 6.09 Å². The largest absolute Gasteiger partial charge is 1.00 e. The van der Waals surface area contributed by atoms with Crippen molar-refractivity contribution in [3.63, 3.8) is 0 Å². The summed E-state index contributed by atoms with van der Waals surface area (Å²) in [5.41, 5.74) is 0. The second kappa shape index (κ2) is 6.42. The Morgan fingerprint density at radius 3 is 2.08 bits per heavy atom. The Hall–Kier alpha value is -0.0400. The molecule has 1 amide bonds. The number of rotatable bonds is 3. The van der Waals surface area contributed by atoms with E-state index in [1.165, 1.54) is 4.90 Å². The third-order valence-electron chi connectivity index (χ3n) is 1.35. The SMILES string of the molecule is CN(C)C(=O)OCC[N+](C)(C)C.[I-]. The number of hydrogen-bond donors (Lipinski definition) is 0. The van der Waals surface area contributed by atoms with Gasteiger partial charge in [-0.05, 0) is 0 Å². The van der Waals surface area contributed by atoms with Crippen LogP contribution in [0.15, 0.2) is 0 Å². The molecule has 5 heteroatoms. The van der Waals surface area contributed by atoms with Crippen LogP contribution in [0.5, 0.6) is 0 Å². The molecule has 4 nitrogen and oxygen atoms in total. The third-order valence-corrected chi connectivity index (χ3v) is 1.35. The number of amides is 1. The van der Waals surface area contributed by atoms with Gasteiger partial charge in [0, 0.05) is 14.1 Å². The molecule has 0 fully saturated rings. The fraction of sp³-hybridized carbons (Fsp3) is 0.875. The molecule has 0 N–H and O–H groups in total. The van der Waals surface area contributed by atoms with Crippen LogP contribution < -0.4 is 24.0 Å². The molecule has 0 aliphatic carbocycles. The first kappa shape index (κ1) is 15.4. The predicted octanol–water partition coefficient (Wildman–Crippen LogP) is -2.61. The van der Waals surface area contributed by atoms with E-state index in [1.54, 1.807) is 14.1 Å². The van der Waals surface area contributed by atoms with E-state index in [9.17, 15) is 4.79 Å². The van der Waals surface area contributed by atoms with Gasteiger partial charge in [-0.1, -0.05) is 0 Å². The van der Waals surface area contributed by atoms with Gasteiger partial charge in [0.25, 0.3) is 0 Å². The van der Waals surface area contributed by atoms with Crippen molar-refractivity contribution in [2.45, 2.75) is 0 Å². The summed E-state index contributed by atoms with van der Waals surface area (Å²) < 4.78 is 5.76. The molecule has 0 atom stereocenters. The lowest BCUT2D eigenvalue weighted by molar-refractivity contribution is -0.870. The van der Waals surface area contributed by atoms with Gasteiger partial charge in [0.1, 0.15) is 13.2 Å². The molecular formula is C8H19IN2O2. The molecule has 0 aromatic rings. The molecule has 0 rings (SSSR count). The van der Waals surface area contributed by atoms with Gasteiger partial charge in [-0.25, -0.2) is 4.79 Å². The smallest absolute Gasteiger partial charge is 0.409 e. The van der Waals surface area contributed by atoms with E-state index in [0.29, 0.717) is 6.61 Å². The van der Waals surface area contributed by atoms with Crippen molar-refractivity contribution in [1.29, 1.82) is 0 Å². The summed E-state index contributed by atoms with van der Waals surface area (Å²) in [5.74, 6) is 0. The van der Waals surface area contributed by atoms with Crippen LogP contribution in [0.2, 0.25) is 0 Å². The summed E-state index contributed by atoms with van der Waals surface area (Å²) in [4.78, 5) is 12.4. The standard InChI is InChI=1S/C8H19N2O2.HI/c1-9(2)8(11)12-7-6-10(3,4)5;/h6-7H2,1-5H3;1H/q+1;/p-1. The van der Waals surface area contributed by atoms with Crippen molar-refractivity contribution >= 4 is 6.09 Å². The van der Waals surface area contributed by atoms with Crippen molar-refractivity contribution in [3.05, 3.63) is 0 Å². The van der Waals surface area contributed by atoms with Crippen LogP contribution >= 0.6 is 0 Å². The van der Waals surface area contributed by atoms with Crippen LogP contribution in [0.1, 0.15) is 0 Å². The summed E-state index contributed by atoms with van der Waals surface area (Å²) >= 11 is 0. The Morgan fingerprint density at radius 2 is 1.77 bits per heavy atom. The van der Waals surface area contributed by atoms with E-state index in [2.05, 4.69) is 21.1 Å². The molecule has 13 heavy (non-hydrogen) atoms.